The highest BCUT2D eigenvalue weighted by molar-refractivity contribution is 9.10. The van der Waals surface area contributed by atoms with Crippen molar-refractivity contribution in [1.82, 2.24) is 0 Å². The van der Waals surface area contributed by atoms with Crippen molar-refractivity contribution < 1.29 is 9.47 Å². The number of hydrogen-bond donors (Lipinski definition) is 0. The lowest BCUT2D eigenvalue weighted by molar-refractivity contribution is 0.336. The normalized spacial score (nSPS) is 11.4. The van der Waals surface area contributed by atoms with Crippen LogP contribution in [0.1, 0.15) is 38.8 Å². The second-order valence-electron chi connectivity index (χ2n) is 5.78. The van der Waals surface area contributed by atoms with Gasteiger partial charge in [0.2, 0.25) is 0 Å². The van der Waals surface area contributed by atoms with Crippen molar-refractivity contribution in [3.63, 3.8) is 0 Å². The van der Waals surface area contributed by atoms with Gasteiger partial charge in [-0.3, -0.25) is 0 Å². The van der Waals surface area contributed by atoms with E-state index in [-0.39, 0.29) is 5.41 Å². The van der Waals surface area contributed by atoms with Gasteiger partial charge in [0, 0.05) is 5.41 Å². The van der Waals surface area contributed by atoms with Gasteiger partial charge >= 0.3 is 0 Å². The number of ether oxygens (including phenoxy) is 2. The van der Waals surface area contributed by atoms with Gasteiger partial charge in [-0.15, -0.1) is 0 Å². The summed E-state index contributed by atoms with van der Waals surface area (Å²) in [6.45, 7) is 9.71. The Balaban J connectivity index is 2.45. The summed E-state index contributed by atoms with van der Waals surface area (Å²) in [5.41, 5.74) is 2.25. The van der Waals surface area contributed by atoms with Crippen LogP contribution < -0.4 is 9.47 Å². The SMILES string of the molecule is CCOc1cc(C(C)(C)c2ccc(Br)c(OCC)c2)ccc1Br. The summed E-state index contributed by atoms with van der Waals surface area (Å²) in [6, 6.07) is 12.6. The Morgan fingerprint density at radius 3 is 1.52 bits per heavy atom. The first-order valence-corrected chi connectivity index (χ1v) is 9.34. The highest BCUT2D eigenvalue weighted by Gasteiger charge is 2.25. The molecular formula is C19H22Br2O2. The van der Waals surface area contributed by atoms with Gasteiger partial charge in [0.05, 0.1) is 22.2 Å². The number of rotatable bonds is 6. The smallest absolute Gasteiger partial charge is 0.133 e. The van der Waals surface area contributed by atoms with Crippen molar-refractivity contribution in [2.75, 3.05) is 13.2 Å². The fraction of sp³-hybridized carbons (Fsp3) is 0.368. The van der Waals surface area contributed by atoms with Crippen LogP contribution in [0.4, 0.5) is 0 Å². The van der Waals surface area contributed by atoms with E-state index in [4.69, 9.17) is 9.47 Å². The largest absolute Gasteiger partial charge is 0.493 e. The molecular weight excluding hydrogens is 420 g/mol. The lowest BCUT2D eigenvalue weighted by Gasteiger charge is -2.27. The van der Waals surface area contributed by atoms with Crippen LogP contribution >= 0.6 is 31.9 Å². The van der Waals surface area contributed by atoms with E-state index >= 15 is 0 Å². The predicted molar refractivity (Wildman–Crippen MR) is 103 cm³/mol. The summed E-state index contributed by atoms with van der Waals surface area (Å²) < 4.78 is 13.4. The Morgan fingerprint density at radius 1 is 0.783 bits per heavy atom. The Bertz CT molecular complexity index is 624. The molecule has 0 aliphatic carbocycles. The quantitative estimate of drug-likeness (QED) is 0.520. The zero-order valence-corrected chi connectivity index (χ0v) is 17.1. The number of hydrogen-bond acceptors (Lipinski definition) is 2. The lowest BCUT2D eigenvalue weighted by Crippen LogP contribution is -2.19. The molecule has 0 atom stereocenters. The van der Waals surface area contributed by atoms with E-state index in [0.29, 0.717) is 13.2 Å². The standard InChI is InChI=1S/C19H22Br2O2/c1-5-22-17-11-13(7-9-15(17)20)19(3,4)14-8-10-16(21)18(12-14)23-6-2/h7-12H,5-6H2,1-4H3. The van der Waals surface area contributed by atoms with E-state index in [0.717, 1.165) is 20.4 Å². The molecule has 124 valence electrons. The van der Waals surface area contributed by atoms with E-state index in [1.807, 2.05) is 26.0 Å². The van der Waals surface area contributed by atoms with Crippen LogP contribution in [0.25, 0.3) is 0 Å². The molecule has 0 heterocycles. The van der Waals surface area contributed by atoms with E-state index in [2.05, 4.69) is 70.0 Å². The fourth-order valence-corrected chi connectivity index (χ4v) is 3.21. The Kier molecular flexibility index (Phi) is 6.15. The van der Waals surface area contributed by atoms with Crippen molar-refractivity contribution in [2.45, 2.75) is 33.1 Å². The molecule has 0 saturated heterocycles. The van der Waals surface area contributed by atoms with Crippen LogP contribution in [0.15, 0.2) is 45.3 Å². The van der Waals surface area contributed by atoms with Crippen LogP contribution in [0.2, 0.25) is 0 Å². The summed E-state index contributed by atoms with van der Waals surface area (Å²) >= 11 is 7.09. The molecule has 0 radical (unpaired) electrons. The molecule has 0 aliphatic rings. The average molecular weight is 442 g/mol. The molecule has 0 saturated carbocycles. The van der Waals surface area contributed by atoms with Gasteiger partial charge in [-0.05, 0) is 81.1 Å². The lowest BCUT2D eigenvalue weighted by atomic mass is 9.78. The van der Waals surface area contributed by atoms with Gasteiger partial charge in [0.1, 0.15) is 11.5 Å². The van der Waals surface area contributed by atoms with Crippen molar-refractivity contribution in [3.8, 4) is 11.5 Å². The van der Waals surface area contributed by atoms with Crippen molar-refractivity contribution in [2.24, 2.45) is 0 Å². The van der Waals surface area contributed by atoms with E-state index in [1.54, 1.807) is 0 Å². The maximum atomic E-state index is 5.71. The number of halogens is 2. The van der Waals surface area contributed by atoms with Crippen molar-refractivity contribution in [1.29, 1.82) is 0 Å². The second kappa shape index (κ2) is 7.71. The first-order valence-electron chi connectivity index (χ1n) is 7.75. The summed E-state index contributed by atoms with van der Waals surface area (Å²) in [6.07, 6.45) is 0. The molecule has 4 heteroatoms. The number of benzene rings is 2. The molecule has 2 nitrogen and oxygen atoms in total. The molecule has 0 unspecified atom stereocenters. The highest BCUT2D eigenvalue weighted by Crippen LogP contribution is 2.38. The van der Waals surface area contributed by atoms with Gasteiger partial charge in [-0.25, -0.2) is 0 Å². The Hall–Kier alpha value is -1.00. The summed E-state index contributed by atoms with van der Waals surface area (Å²) in [4.78, 5) is 0. The maximum absolute atomic E-state index is 5.71. The van der Waals surface area contributed by atoms with Crippen molar-refractivity contribution in [3.05, 3.63) is 56.5 Å². The third kappa shape index (κ3) is 4.10. The second-order valence-corrected chi connectivity index (χ2v) is 7.49. The van der Waals surface area contributed by atoms with E-state index < -0.39 is 0 Å². The minimum absolute atomic E-state index is 0.154. The minimum Gasteiger partial charge on any atom is -0.493 e. The Labute approximate surface area is 155 Å². The van der Waals surface area contributed by atoms with Crippen LogP contribution in [-0.4, -0.2) is 13.2 Å². The molecule has 0 aromatic heterocycles. The zero-order valence-electron chi connectivity index (χ0n) is 14.0. The summed E-state index contributed by atoms with van der Waals surface area (Å²) in [5, 5.41) is 0. The van der Waals surface area contributed by atoms with E-state index in [9.17, 15) is 0 Å². The predicted octanol–water partition coefficient (Wildman–Crippen LogP) is 6.33. The third-order valence-corrected chi connectivity index (χ3v) is 5.22. The van der Waals surface area contributed by atoms with Crippen LogP contribution in [0.5, 0.6) is 11.5 Å². The van der Waals surface area contributed by atoms with Crippen LogP contribution in [-0.2, 0) is 5.41 Å². The molecule has 2 aromatic carbocycles. The molecule has 0 aliphatic heterocycles. The molecule has 0 N–H and O–H groups in total. The molecule has 0 fully saturated rings. The monoisotopic (exact) mass is 440 g/mol. The van der Waals surface area contributed by atoms with Gasteiger partial charge in [-0.2, -0.15) is 0 Å². The maximum Gasteiger partial charge on any atom is 0.133 e. The molecule has 0 bridgehead atoms. The topological polar surface area (TPSA) is 18.5 Å². The first-order chi connectivity index (χ1) is 10.9. The fourth-order valence-electron chi connectivity index (χ4n) is 2.48. The molecule has 0 spiro atoms. The van der Waals surface area contributed by atoms with Crippen molar-refractivity contribution >= 4 is 31.9 Å². The van der Waals surface area contributed by atoms with Gasteiger partial charge in [-0.1, -0.05) is 26.0 Å². The molecule has 2 aromatic rings. The van der Waals surface area contributed by atoms with Crippen LogP contribution in [0.3, 0.4) is 0 Å². The molecule has 23 heavy (non-hydrogen) atoms. The van der Waals surface area contributed by atoms with Gasteiger partial charge in [0.25, 0.3) is 0 Å². The van der Waals surface area contributed by atoms with Crippen LogP contribution in [0, 0.1) is 0 Å². The first kappa shape index (κ1) is 18.3. The Morgan fingerprint density at radius 2 is 1.17 bits per heavy atom. The van der Waals surface area contributed by atoms with E-state index in [1.165, 1.54) is 11.1 Å². The average Bonchev–Trinajstić information content (AvgIpc) is 2.51. The van der Waals surface area contributed by atoms with Gasteiger partial charge in [0.15, 0.2) is 0 Å². The third-order valence-electron chi connectivity index (χ3n) is 3.91. The summed E-state index contributed by atoms with van der Waals surface area (Å²) in [5.74, 6) is 1.75. The molecule has 2 rings (SSSR count). The summed E-state index contributed by atoms with van der Waals surface area (Å²) in [7, 11) is 0. The minimum atomic E-state index is -0.154. The molecule has 0 amide bonds. The van der Waals surface area contributed by atoms with Gasteiger partial charge < -0.3 is 9.47 Å². The zero-order chi connectivity index (χ0) is 17.0. The highest BCUT2D eigenvalue weighted by atomic mass is 79.9.